The molecule has 0 fully saturated rings. The SMILES string of the molecule is Cc1nc(-c2coc3ccccc23)sc1Cl. The van der Waals surface area contributed by atoms with Crippen molar-refractivity contribution in [3.05, 3.63) is 40.6 Å². The molecule has 2 aromatic heterocycles. The van der Waals surface area contributed by atoms with Gasteiger partial charge in [-0.25, -0.2) is 4.98 Å². The maximum Gasteiger partial charge on any atom is 0.134 e. The van der Waals surface area contributed by atoms with Crippen LogP contribution in [-0.4, -0.2) is 4.98 Å². The molecule has 0 saturated heterocycles. The molecule has 0 atom stereocenters. The summed E-state index contributed by atoms with van der Waals surface area (Å²) in [6.45, 7) is 1.91. The summed E-state index contributed by atoms with van der Waals surface area (Å²) in [6, 6.07) is 7.92. The zero-order chi connectivity index (χ0) is 11.1. The molecule has 0 saturated carbocycles. The summed E-state index contributed by atoms with van der Waals surface area (Å²) in [4.78, 5) is 4.43. The fourth-order valence-electron chi connectivity index (χ4n) is 1.64. The van der Waals surface area contributed by atoms with Crippen LogP contribution >= 0.6 is 22.9 Å². The van der Waals surface area contributed by atoms with Gasteiger partial charge < -0.3 is 4.42 Å². The first-order chi connectivity index (χ1) is 7.75. The van der Waals surface area contributed by atoms with E-state index in [1.165, 1.54) is 11.3 Å². The van der Waals surface area contributed by atoms with Crippen LogP contribution < -0.4 is 0 Å². The molecule has 0 aliphatic heterocycles. The van der Waals surface area contributed by atoms with E-state index in [2.05, 4.69) is 4.98 Å². The summed E-state index contributed by atoms with van der Waals surface area (Å²) in [5.41, 5.74) is 2.75. The number of thiazole rings is 1. The first-order valence-electron chi connectivity index (χ1n) is 4.85. The zero-order valence-electron chi connectivity index (χ0n) is 8.53. The molecule has 0 unspecified atom stereocenters. The molecule has 4 heteroatoms. The van der Waals surface area contributed by atoms with Gasteiger partial charge in [0.2, 0.25) is 0 Å². The molecule has 3 rings (SSSR count). The minimum Gasteiger partial charge on any atom is -0.464 e. The van der Waals surface area contributed by atoms with E-state index in [1.807, 2.05) is 31.2 Å². The van der Waals surface area contributed by atoms with Crippen molar-refractivity contribution >= 4 is 33.9 Å². The minimum atomic E-state index is 0.736. The molecule has 1 aromatic carbocycles. The number of para-hydroxylation sites is 1. The Morgan fingerprint density at radius 2 is 2.12 bits per heavy atom. The van der Waals surface area contributed by atoms with Gasteiger partial charge in [-0.2, -0.15) is 0 Å². The Morgan fingerprint density at radius 1 is 1.31 bits per heavy atom. The number of halogens is 1. The summed E-state index contributed by atoms with van der Waals surface area (Å²) >= 11 is 7.50. The number of benzene rings is 1. The van der Waals surface area contributed by atoms with Gasteiger partial charge in [-0.15, -0.1) is 11.3 Å². The third-order valence-corrected chi connectivity index (χ3v) is 3.94. The van der Waals surface area contributed by atoms with Crippen LogP contribution in [0.3, 0.4) is 0 Å². The number of hydrogen-bond donors (Lipinski definition) is 0. The lowest BCUT2D eigenvalue weighted by molar-refractivity contribution is 0.617. The van der Waals surface area contributed by atoms with Gasteiger partial charge in [0, 0.05) is 5.39 Å². The fourth-order valence-corrected chi connectivity index (χ4v) is 2.71. The van der Waals surface area contributed by atoms with Gasteiger partial charge in [-0.3, -0.25) is 0 Å². The molecule has 0 radical (unpaired) electrons. The first kappa shape index (κ1) is 9.87. The maximum atomic E-state index is 6.02. The highest BCUT2D eigenvalue weighted by Crippen LogP contribution is 2.36. The van der Waals surface area contributed by atoms with E-state index in [0.717, 1.165) is 31.6 Å². The van der Waals surface area contributed by atoms with Crippen LogP contribution in [0.1, 0.15) is 5.69 Å². The van der Waals surface area contributed by atoms with Gasteiger partial charge in [-0.05, 0) is 13.0 Å². The monoisotopic (exact) mass is 249 g/mol. The summed E-state index contributed by atoms with van der Waals surface area (Å²) in [6.07, 6.45) is 1.74. The molecule has 16 heavy (non-hydrogen) atoms. The lowest BCUT2D eigenvalue weighted by Gasteiger charge is -1.90. The van der Waals surface area contributed by atoms with E-state index < -0.39 is 0 Å². The second-order valence-electron chi connectivity index (χ2n) is 3.52. The predicted molar refractivity (Wildman–Crippen MR) is 67.1 cm³/mol. The van der Waals surface area contributed by atoms with E-state index in [0.29, 0.717) is 0 Å². The molecule has 0 aliphatic rings. The summed E-state index contributed by atoms with van der Waals surface area (Å²) in [5.74, 6) is 0. The normalized spacial score (nSPS) is 11.1. The largest absolute Gasteiger partial charge is 0.464 e. The Balaban J connectivity index is 2.26. The number of fused-ring (bicyclic) bond motifs is 1. The average molecular weight is 250 g/mol. The van der Waals surface area contributed by atoms with Crippen molar-refractivity contribution in [2.24, 2.45) is 0 Å². The van der Waals surface area contributed by atoms with Crippen LogP contribution in [0.15, 0.2) is 34.9 Å². The van der Waals surface area contributed by atoms with E-state index in [4.69, 9.17) is 16.0 Å². The van der Waals surface area contributed by atoms with Crippen molar-refractivity contribution in [1.82, 2.24) is 4.98 Å². The third kappa shape index (κ3) is 1.44. The topological polar surface area (TPSA) is 26.0 Å². The predicted octanol–water partition coefficient (Wildman–Crippen LogP) is 4.52. The van der Waals surface area contributed by atoms with Gasteiger partial charge in [0.1, 0.15) is 21.2 Å². The highest BCUT2D eigenvalue weighted by Gasteiger charge is 2.12. The van der Waals surface area contributed by atoms with Gasteiger partial charge in [0.15, 0.2) is 0 Å². The van der Waals surface area contributed by atoms with Gasteiger partial charge in [0.05, 0.1) is 11.3 Å². The maximum absolute atomic E-state index is 6.02. The van der Waals surface area contributed by atoms with Crippen LogP contribution in [0, 0.1) is 6.92 Å². The van der Waals surface area contributed by atoms with E-state index >= 15 is 0 Å². The third-order valence-electron chi connectivity index (χ3n) is 2.45. The lowest BCUT2D eigenvalue weighted by atomic mass is 10.2. The van der Waals surface area contributed by atoms with Crippen LogP contribution in [0.2, 0.25) is 4.34 Å². The number of nitrogens with zero attached hydrogens (tertiary/aromatic N) is 1. The lowest BCUT2D eigenvalue weighted by Crippen LogP contribution is -1.74. The van der Waals surface area contributed by atoms with Crippen LogP contribution in [0.4, 0.5) is 0 Å². The highest BCUT2D eigenvalue weighted by atomic mass is 35.5. The molecule has 0 amide bonds. The number of furan rings is 1. The molecular weight excluding hydrogens is 242 g/mol. The number of aromatic nitrogens is 1. The molecule has 2 nitrogen and oxygen atoms in total. The molecule has 80 valence electrons. The van der Waals surface area contributed by atoms with Crippen molar-refractivity contribution in [1.29, 1.82) is 0 Å². The second kappa shape index (κ2) is 3.61. The van der Waals surface area contributed by atoms with Crippen LogP contribution in [0.5, 0.6) is 0 Å². The number of hydrogen-bond acceptors (Lipinski definition) is 3. The van der Waals surface area contributed by atoms with E-state index in [1.54, 1.807) is 6.26 Å². The summed E-state index contributed by atoms with van der Waals surface area (Å²) in [5, 5.41) is 1.99. The van der Waals surface area contributed by atoms with E-state index in [9.17, 15) is 0 Å². The van der Waals surface area contributed by atoms with E-state index in [-0.39, 0.29) is 0 Å². The van der Waals surface area contributed by atoms with Gasteiger partial charge in [-0.1, -0.05) is 29.8 Å². The van der Waals surface area contributed by atoms with Crippen molar-refractivity contribution < 1.29 is 4.42 Å². The Labute approximate surface area is 101 Å². The standard InChI is InChI=1S/C12H8ClNOS/c1-7-11(13)16-12(14-7)9-6-15-10-5-3-2-4-8(9)10/h2-6H,1H3. The fraction of sp³-hybridized carbons (Fsp3) is 0.0833. The zero-order valence-corrected chi connectivity index (χ0v) is 10.1. The smallest absolute Gasteiger partial charge is 0.134 e. The van der Waals surface area contributed by atoms with Crippen molar-refractivity contribution in [2.45, 2.75) is 6.92 Å². The Morgan fingerprint density at radius 3 is 2.88 bits per heavy atom. The molecule has 3 aromatic rings. The molecule has 2 heterocycles. The molecule has 0 bridgehead atoms. The summed E-state index contributed by atoms with van der Waals surface area (Å²) < 4.78 is 6.21. The second-order valence-corrected chi connectivity index (χ2v) is 5.12. The average Bonchev–Trinajstić information content (AvgIpc) is 2.83. The van der Waals surface area contributed by atoms with Gasteiger partial charge in [0.25, 0.3) is 0 Å². The van der Waals surface area contributed by atoms with Crippen LogP contribution in [0.25, 0.3) is 21.5 Å². The van der Waals surface area contributed by atoms with Gasteiger partial charge >= 0.3 is 0 Å². The molecular formula is C12H8ClNOS. The Kier molecular flexibility index (Phi) is 2.23. The number of aryl methyl sites for hydroxylation is 1. The van der Waals surface area contributed by atoms with Crippen molar-refractivity contribution in [2.75, 3.05) is 0 Å². The first-order valence-corrected chi connectivity index (χ1v) is 6.04. The Bertz CT molecular complexity index is 636. The molecule has 0 aliphatic carbocycles. The summed E-state index contributed by atoms with van der Waals surface area (Å²) in [7, 11) is 0. The highest BCUT2D eigenvalue weighted by molar-refractivity contribution is 7.19. The number of rotatable bonds is 1. The minimum absolute atomic E-state index is 0.736. The quantitative estimate of drug-likeness (QED) is 0.634. The molecule has 0 N–H and O–H groups in total. The van der Waals surface area contributed by atoms with Crippen molar-refractivity contribution in [3.8, 4) is 10.6 Å². The Hall–Kier alpha value is -1.32. The van der Waals surface area contributed by atoms with Crippen molar-refractivity contribution in [3.63, 3.8) is 0 Å². The van der Waals surface area contributed by atoms with Crippen LogP contribution in [-0.2, 0) is 0 Å². The molecule has 0 spiro atoms.